The van der Waals surface area contributed by atoms with Gasteiger partial charge in [0, 0.05) is 18.3 Å². The van der Waals surface area contributed by atoms with Crippen LogP contribution < -0.4 is 19.5 Å². The first-order valence-electron chi connectivity index (χ1n) is 9.62. The Hall–Kier alpha value is -3.48. The minimum atomic E-state index is -0.335. The van der Waals surface area contributed by atoms with E-state index in [2.05, 4.69) is 5.32 Å². The first kappa shape index (κ1) is 18.9. The van der Waals surface area contributed by atoms with Crippen LogP contribution in [0.5, 0.6) is 17.2 Å². The summed E-state index contributed by atoms with van der Waals surface area (Å²) in [5.74, 6) is 1.32. The van der Waals surface area contributed by atoms with Crippen LogP contribution in [0.25, 0.3) is 5.57 Å². The molecule has 0 aromatic heterocycles. The van der Waals surface area contributed by atoms with E-state index in [0.29, 0.717) is 53.6 Å². The van der Waals surface area contributed by atoms with Gasteiger partial charge >= 0.3 is 0 Å². The molecule has 4 rings (SSSR count). The Kier molecular flexibility index (Phi) is 5.12. The molecule has 2 aromatic carbocycles. The summed E-state index contributed by atoms with van der Waals surface area (Å²) in [6.07, 6.45) is 0.686. The summed E-state index contributed by atoms with van der Waals surface area (Å²) in [4.78, 5) is 27.3. The molecule has 0 aliphatic carbocycles. The fourth-order valence-electron chi connectivity index (χ4n) is 3.39. The van der Waals surface area contributed by atoms with Gasteiger partial charge in [-0.3, -0.25) is 14.5 Å². The summed E-state index contributed by atoms with van der Waals surface area (Å²) in [7, 11) is 0. The molecule has 0 fully saturated rings. The lowest BCUT2D eigenvalue weighted by Gasteiger charge is -2.13. The van der Waals surface area contributed by atoms with Crippen LogP contribution in [0.15, 0.2) is 48.2 Å². The number of nitrogens with zero attached hydrogens (tertiary/aromatic N) is 1. The summed E-state index contributed by atoms with van der Waals surface area (Å²) in [5, 5.41) is 3.13. The Labute approximate surface area is 168 Å². The van der Waals surface area contributed by atoms with Crippen molar-refractivity contribution in [3.05, 3.63) is 53.7 Å². The van der Waals surface area contributed by atoms with Crippen LogP contribution in [-0.2, 0) is 9.59 Å². The molecular weight excluding hydrogens is 372 g/mol. The number of amides is 2. The molecule has 0 atom stereocenters. The number of carbonyl (C=O) groups excluding carboxylic acids is 2. The highest BCUT2D eigenvalue weighted by molar-refractivity contribution is 6.36. The lowest BCUT2D eigenvalue weighted by Crippen LogP contribution is -2.33. The lowest BCUT2D eigenvalue weighted by molar-refractivity contribution is -0.136. The van der Waals surface area contributed by atoms with Gasteiger partial charge in [0.15, 0.2) is 11.5 Å². The highest BCUT2D eigenvalue weighted by atomic mass is 16.7. The minimum absolute atomic E-state index is 0.167. The second-order valence-electron chi connectivity index (χ2n) is 6.66. The zero-order valence-electron chi connectivity index (χ0n) is 16.4. The molecule has 0 spiro atoms. The second-order valence-corrected chi connectivity index (χ2v) is 6.66. The first-order valence-corrected chi connectivity index (χ1v) is 9.62. The Morgan fingerprint density at radius 1 is 1.00 bits per heavy atom. The number of nitrogens with one attached hydrogen (secondary N) is 1. The molecule has 2 aromatic rings. The standard InChI is InChI=1S/C22H22N2O5/c1-3-11-24-21(25)19(14-5-8-16(9-6-14)27-4-2)20(22(24)26)23-15-7-10-17-18(12-15)29-13-28-17/h5-10,12,23H,3-4,11,13H2,1-2H3. The van der Waals surface area contributed by atoms with E-state index in [-0.39, 0.29) is 24.3 Å². The van der Waals surface area contributed by atoms with Crippen molar-refractivity contribution in [3.63, 3.8) is 0 Å². The van der Waals surface area contributed by atoms with Gasteiger partial charge in [0.05, 0.1) is 12.2 Å². The van der Waals surface area contributed by atoms with Gasteiger partial charge in [-0.15, -0.1) is 0 Å². The molecule has 0 saturated carbocycles. The first-order chi connectivity index (χ1) is 14.1. The largest absolute Gasteiger partial charge is 0.494 e. The third-order valence-corrected chi connectivity index (χ3v) is 4.71. The number of fused-ring (bicyclic) bond motifs is 1. The van der Waals surface area contributed by atoms with Crippen LogP contribution in [0.2, 0.25) is 0 Å². The number of ether oxygens (including phenoxy) is 3. The fraction of sp³-hybridized carbons (Fsp3) is 0.273. The van der Waals surface area contributed by atoms with Crippen LogP contribution in [0, 0.1) is 0 Å². The van der Waals surface area contributed by atoms with Gasteiger partial charge in [-0.25, -0.2) is 0 Å². The van der Waals surface area contributed by atoms with Gasteiger partial charge in [-0.2, -0.15) is 0 Å². The van der Waals surface area contributed by atoms with Crippen molar-refractivity contribution in [2.45, 2.75) is 20.3 Å². The second kappa shape index (κ2) is 7.87. The van der Waals surface area contributed by atoms with Crippen LogP contribution in [0.1, 0.15) is 25.8 Å². The molecule has 2 aliphatic rings. The topological polar surface area (TPSA) is 77.1 Å². The highest BCUT2D eigenvalue weighted by Crippen LogP contribution is 2.36. The van der Waals surface area contributed by atoms with E-state index >= 15 is 0 Å². The van der Waals surface area contributed by atoms with Gasteiger partial charge in [0.25, 0.3) is 11.8 Å². The molecule has 7 nitrogen and oxygen atoms in total. The van der Waals surface area contributed by atoms with Crippen molar-refractivity contribution in [1.82, 2.24) is 4.90 Å². The van der Waals surface area contributed by atoms with E-state index in [1.165, 1.54) is 4.90 Å². The maximum Gasteiger partial charge on any atom is 0.278 e. The zero-order chi connectivity index (χ0) is 20.4. The van der Waals surface area contributed by atoms with Crippen molar-refractivity contribution < 1.29 is 23.8 Å². The normalized spacial score (nSPS) is 15.3. The number of carbonyl (C=O) groups is 2. The van der Waals surface area contributed by atoms with Crippen LogP contribution in [0.3, 0.4) is 0 Å². The molecule has 0 saturated heterocycles. The Bertz CT molecular complexity index is 981. The van der Waals surface area contributed by atoms with Gasteiger partial charge in [-0.1, -0.05) is 19.1 Å². The SMILES string of the molecule is CCCN1C(=O)C(Nc2ccc3c(c2)OCO3)=C(c2ccc(OCC)cc2)C1=O. The molecule has 0 unspecified atom stereocenters. The Balaban J connectivity index is 1.72. The highest BCUT2D eigenvalue weighted by Gasteiger charge is 2.38. The van der Waals surface area contributed by atoms with Gasteiger partial charge in [-0.05, 0) is 43.2 Å². The predicted octanol–water partition coefficient (Wildman–Crippen LogP) is 3.42. The average Bonchev–Trinajstić information content (AvgIpc) is 3.28. The van der Waals surface area contributed by atoms with Crippen molar-refractivity contribution in [1.29, 1.82) is 0 Å². The van der Waals surface area contributed by atoms with E-state index in [0.717, 1.165) is 0 Å². The zero-order valence-corrected chi connectivity index (χ0v) is 16.4. The minimum Gasteiger partial charge on any atom is -0.494 e. The number of imide groups is 1. The molecule has 2 aliphatic heterocycles. The number of benzene rings is 2. The van der Waals surface area contributed by atoms with E-state index in [1.807, 2.05) is 13.8 Å². The summed E-state index contributed by atoms with van der Waals surface area (Å²) in [6.45, 7) is 4.93. The van der Waals surface area contributed by atoms with Gasteiger partial charge in [0.2, 0.25) is 6.79 Å². The third kappa shape index (κ3) is 3.51. The van der Waals surface area contributed by atoms with Crippen molar-refractivity contribution in [2.24, 2.45) is 0 Å². The van der Waals surface area contributed by atoms with Crippen molar-refractivity contribution >= 4 is 23.1 Å². The predicted molar refractivity (Wildman–Crippen MR) is 108 cm³/mol. The summed E-state index contributed by atoms with van der Waals surface area (Å²) in [6, 6.07) is 12.5. The quantitative estimate of drug-likeness (QED) is 0.725. The molecule has 1 N–H and O–H groups in total. The lowest BCUT2D eigenvalue weighted by atomic mass is 10.0. The Morgan fingerprint density at radius 2 is 1.76 bits per heavy atom. The molecular formula is C22H22N2O5. The van der Waals surface area contributed by atoms with Crippen LogP contribution in [0.4, 0.5) is 5.69 Å². The molecule has 150 valence electrons. The maximum absolute atomic E-state index is 13.0. The number of anilines is 1. The van der Waals surface area contributed by atoms with Crippen molar-refractivity contribution in [3.8, 4) is 17.2 Å². The molecule has 7 heteroatoms. The summed E-state index contributed by atoms with van der Waals surface area (Å²) in [5.41, 5.74) is 1.91. The van der Waals surface area contributed by atoms with Gasteiger partial charge < -0.3 is 19.5 Å². The van der Waals surface area contributed by atoms with Gasteiger partial charge in [0.1, 0.15) is 11.4 Å². The summed E-state index contributed by atoms with van der Waals surface area (Å²) >= 11 is 0. The smallest absolute Gasteiger partial charge is 0.278 e. The third-order valence-electron chi connectivity index (χ3n) is 4.71. The molecule has 29 heavy (non-hydrogen) atoms. The molecule has 0 bridgehead atoms. The van der Waals surface area contributed by atoms with Crippen LogP contribution >= 0.6 is 0 Å². The number of rotatable bonds is 7. The van der Waals surface area contributed by atoms with E-state index in [9.17, 15) is 9.59 Å². The molecule has 2 amide bonds. The maximum atomic E-state index is 13.0. The average molecular weight is 394 g/mol. The molecule has 0 radical (unpaired) electrons. The molecule has 2 heterocycles. The number of hydrogen-bond acceptors (Lipinski definition) is 6. The van der Waals surface area contributed by atoms with E-state index < -0.39 is 0 Å². The monoisotopic (exact) mass is 394 g/mol. The van der Waals surface area contributed by atoms with E-state index in [4.69, 9.17) is 14.2 Å². The fourth-order valence-corrected chi connectivity index (χ4v) is 3.39. The number of hydrogen-bond donors (Lipinski definition) is 1. The van der Waals surface area contributed by atoms with Crippen LogP contribution in [-0.4, -0.2) is 36.7 Å². The Morgan fingerprint density at radius 3 is 2.48 bits per heavy atom. The summed E-state index contributed by atoms with van der Waals surface area (Å²) < 4.78 is 16.2. The van der Waals surface area contributed by atoms with Crippen molar-refractivity contribution in [2.75, 3.05) is 25.3 Å². The van der Waals surface area contributed by atoms with E-state index in [1.54, 1.807) is 42.5 Å².